The minimum atomic E-state index is -4.89. The summed E-state index contributed by atoms with van der Waals surface area (Å²) in [6.45, 7) is 0. The number of rotatable bonds is 3. The molecule has 1 rings (SSSR count). The molecule has 11 nitrogen and oxygen atoms in total. The molecule has 7 N–H and O–H groups in total. The molecular formula is C9H15MgNO10P2. The van der Waals surface area contributed by atoms with Crippen LogP contribution in [0.4, 0.5) is 0 Å². The van der Waals surface area contributed by atoms with Crippen molar-refractivity contribution in [1.82, 2.24) is 0 Å². The van der Waals surface area contributed by atoms with Crippen LogP contribution in [-0.2, 0) is 20.3 Å². The summed E-state index contributed by atoms with van der Waals surface area (Å²) in [7, 11) is -9.78. The van der Waals surface area contributed by atoms with Crippen molar-refractivity contribution in [2.75, 3.05) is 0 Å². The molecule has 0 fully saturated rings. The van der Waals surface area contributed by atoms with E-state index < -0.39 is 27.7 Å². The molecule has 0 spiro atoms. The van der Waals surface area contributed by atoms with Gasteiger partial charge in [-0.25, -0.2) is 0 Å². The van der Waals surface area contributed by atoms with Crippen LogP contribution in [0, 0.1) is 0 Å². The summed E-state index contributed by atoms with van der Waals surface area (Å²) in [5.74, 6) is -0.959. The molecular weight excluding hydrogens is 368 g/mol. The van der Waals surface area contributed by atoms with Gasteiger partial charge in [0.15, 0.2) is 0 Å². The minimum absolute atomic E-state index is 0. The van der Waals surface area contributed by atoms with Gasteiger partial charge in [0.05, 0.1) is 0 Å². The van der Waals surface area contributed by atoms with Crippen molar-refractivity contribution in [2.24, 2.45) is 5.73 Å². The van der Waals surface area contributed by atoms with E-state index in [1.807, 2.05) is 30.3 Å². The summed E-state index contributed by atoms with van der Waals surface area (Å²) in [5.41, 5.74) is 6.30. The molecule has 0 aliphatic rings. The summed E-state index contributed by atoms with van der Waals surface area (Å²) in [5, 5.41) is 8.52. The molecule has 0 aliphatic heterocycles. The molecule has 0 radical (unpaired) electrons. The number of aliphatic carboxylic acids is 1. The Morgan fingerprint density at radius 3 is 1.61 bits per heavy atom. The van der Waals surface area contributed by atoms with Crippen LogP contribution in [-0.4, -0.2) is 59.7 Å². The van der Waals surface area contributed by atoms with E-state index in [-0.39, 0.29) is 23.1 Å². The van der Waals surface area contributed by atoms with Crippen LogP contribution in [0.3, 0.4) is 0 Å². The van der Waals surface area contributed by atoms with Crippen molar-refractivity contribution in [3.05, 3.63) is 35.9 Å². The smallest absolute Gasteiger partial charge is 0.756 e. The van der Waals surface area contributed by atoms with Gasteiger partial charge in [0.2, 0.25) is 0 Å². The van der Waals surface area contributed by atoms with Gasteiger partial charge in [0.1, 0.15) is 6.04 Å². The van der Waals surface area contributed by atoms with Gasteiger partial charge in [-0.05, 0) is 12.0 Å². The SMILES string of the molecule is NC(Cc1ccccc1)C(=O)O.O=P([O-])(O)O.O=P([O-])(O)O.[Mg+2]. The second-order valence-corrected chi connectivity index (χ2v) is 5.58. The molecule has 0 saturated carbocycles. The first kappa shape index (κ1) is 27.5. The van der Waals surface area contributed by atoms with Crippen molar-refractivity contribution < 1.29 is 48.4 Å². The number of phosphoric acid groups is 2. The maximum absolute atomic E-state index is 10.4. The largest absolute Gasteiger partial charge is 2.00 e. The van der Waals surface area contributed by atoms with Gasteiger partial charge in [-0.3, -0.25) is 13.9 Å². The summed E-state index contributed by atoms with van der Waals surface area (Å²) in [6.07, 6.45) is 0.385. The first-order valence-electron chi connectivity index (χ1n) is 5.25. The second-order valence-electron chi connectivity index (χ2n) is 3.62. The Hall–Kier alpha value is -0.364. The molecule has 0 aliphatic carbocycles. The fourth-order valence-electron chi connectivity index (χ4n) is 0.955. The minimum Gasteiger partial charge on any atom is -0.756 e. The molecule has 0 amide bonds. The number of carbonyl (C=O) groups is 1. The van der Waals surface area contributed by atoms with Crippen molar-refractivity contribution in [1.29, 1.82) is 0 Å². The average molecular weight is 383 g/mol. The van der Waals surface area contributed by atoms with Crippen molar-refractivity contribution in [3.63, 3.8) is 0 Å². The summed E-state index contributed by atoms with van der Waals surface area (Å²) < 4.78 is 17.5. The van der Waals surface area contributed by atoms with Gasteiger partial charge in [-0.1, -0.05) is 30.3 Å². The van der Waals surface area contributed by atoms with Crippen molar-refractivity contribution in [3.8, 4) is 0 Å². The molecule has 23 heavy (non-hydrogen) atoms. The fraction of sp³-hybridized carbons (Fsp3) is 0.222. The molecule has 14 heteroatoms. The average Bonchev–Trinajstić information content (AvgIpc) is 2.25. The van der Waals surface area contributed by atoms with E-state index in [0.29, 0.717) is 6.42 Å². The van der Waals surface area contributed by atoms with E-state index in [9.17, 15) is 4.79 Å². The molecule has 0 aromatic heterocycles. The Morgan fingerprint density at radius 1 is 1.04 bits per heavy atom. The summed E-state index contributed by atoms with van der Waals surface area (Å²) in [4.78, 5) is 56.2. The van der Waals surface area contributed by atoms with Gasteiger partial charge < -0.3 is 40.2 Å². The zero-order valence-electron chi connectivity index (χ0n) is 11.6. The topological polar surface area (TPSA) is 224 Å². The van der Waals surface area contributed by atoms with Gasteiger partial charge in [-0.2, -0.15) is 0 Å². The zero-order valence-corrected chi connectivity index (χ0v) is 14.8. The number of hydrogen-bond donors (Lipinski definition) is 6. The monoisotopic (exact) mass is 383 g/mol. The predicted octanol–water partition coefficient (Wildman–Crippen LogP) is -2.86. The van der Waals surface area contributed by atoms with Gasteiger partial charge in [0.25, 0.3) is 15.6 Å². The van der Waals surface area contributed by atoms with Crippen LogP contribution in [0.15, 0.2) is 30.3 Å². The molecule has 128 valence electrons. The fourth-order valence-corrected chi connectivity index (χ4v) is 0.955. The molecule has 0 saturated heterocycles. The number of hydrogen-bond acceptors (Lipinski definition) is 6. The quantitative estimate of drug-likeness (QED) is 0.230. The molecule has 1 aromatic rings. The first-order valence-corrected chi connectivity index (χ1v) is 8.31. The van der Waals surface area contributed by atoms with Crippen LogP contribution in [0.1, 0.15) is 5.56 Å². The Balaban J connectivity index is -0.000000307. The normalized spacial score (nSPS) is 11.6. The van der Waals surface area contributed by atoms with Crippen LogP contribution >= 0.6 is 15.6 Å². The number of carboxylic acid groups (broad SMARTS) is 1. The van der Waals surface area contributed by atoms with E-state index >= 15 is 0 Å². The molecule has 1 unspecified atom stereocenters. The maximum atomic E-state index is 10.4. The Labute approximate surface area is 147 Å². The van der Waals surface area contributed by atoms with Crippen molar-refractivity contribution in [2.45, 2.75) is 12.5 Å². The maximum Gasteiger partial charge on any atom is 2.00 e. The Kier molecular flexibility index (Phi) is 15.5. The van der Waals surface area contributed by atoms with Gasteiger partial charge >= 0.3 is 29.0 Å². The van der Waals surface area contributed by atoms with Crippen LogP contribution in [0.25, 0.3) is 0 Å². The standard InChI is InChI=1S/C9H11NO2.Mg.2H3O4P/c10-8(9(11)12)6-7-4-2-1-3-5-7;;2*1-5(2,3)4/h1-5,8H,6,10H2,(H,11,12);;2*(H3,1,2,3,4)/q;+2;;/p-2. The third-order valence-corrected chi connectivity index (χ3v) is 1.62. The second kappa shape index (κ2) is 13.0. The third-order valence-electron chi connectivity index (χ3n) is 1.62. The zero-order chi connectivity index (χ0) is 18.0. The van der Waals surface area contributed by atoms with Crippen molar-refractivity contribution >= 4 is 44.7 Å². The Bertz CT molecular complexity index is 494. The molecule has 1 aromatic carbocycles. The molecule has 1 atom stereocenters. The third kappa shape index (κ3) is 34.1. The van der Waals surface area contributed by atoms with Crippen LogP contribution in [0.5, 0.6) is 0 Å². The molecule has 0 heterocycles. The van der Waals surface area contributed by atoms with Crippen LogP contribution in [0.2, 0.25) is 0 Å². The van der Waals surface area contributed by atoms with E-state index in [4.69, 9.17) is 49.3 Å². The van der Waals surface area contributed by atoms with E-state index in [0.717, 1.165) is 5.56 Å². The van der Waals surface area contributed by atoms with E-state index in [1.165, 1.54) is 0 Å². The van der Waals surface area contributed by atoms with Crippen LogP contribution < -0.4 is 15.5 Å². The van der Waals surface area contributed by atoms with E-state index in [1.54, 1.807) is 0 Å². The van der Waals surface area contributed by atoms with E-state index in [2.05, 4.69) is 0 Å². The molecule has 0 bridgehead atoms. The first-order chi connectivity index (χ1) is 9.70. The summed E-state index contributed by atoms with van der Waals surface area (Å²) >= 11 is 0. The van der Waals surface area contributed by atoms with Gasteiger partial charge in [-0.15, -0.1) is 0 Å². The number of benzene rings is 1. The number of nitrogens with two attached hydrogens (primary N) is 1. The summed E-state index contributed by atoms with van der Waals surface area (Å²) in [6, 6.07) is 8.54. The number of carboxylic acids is 1. The Morgan fingerprint density at radius 2 is 1.35 bits per heavy atom. The van der Waals surface area contributed by atoms with Gasteiger partial charge in [0, 0.05) is 0 Å². The predicted molar refractivity (Wildman–Crippen MR) is 75.6 cm³/mol.